The molecule has 33 N–H and O–H groups in total. The number of thioether (sulfide) groups is 1. The number of benzene rings is 1. The number of guanidine groups is 2. The number of hydrogen-bond acceptors (Lipinski definition) is 27. The van der Waals surface area contributed by atoms with Crippen molar-refractivity contribution in [1.82, 2.24) is 100 Å². The van der Waals surface area contributed by atoms with E-state index in [0.717, 1.165) is 6.42 Å². The Morgan fingerprint density at radius 3 is 1.36 bits per heavy atom. The van der Waals surface area contributed by atoms with Crippen LogP contribution < -0.4 is 119 Å². The molecule has 3 heterocycles. The van der Waals surface area contributed by atoms with E-state index in [1.54, 1.807) is 52.7 Å². The Bertz CT molecular complexity index is 4240. The standard InChI is InChI=1S/C85H142N26O23S/c1-10-45(6)66(79(129)104-57(40-48-24-26-49(114)27-25-48)74(124)98-50(18-11-12-33-86)70(120)99-53(28-30-61(87)115)71(121)105-58(42-112)75(125)103-56(83(133)134)29-31-62(88)116)109-68(118)46(7)97-69(119)54(32-39-135-9)102-78(128)65(44(4)5)108-72(122)51(19-13-35-94-84(89)90)100-77(127)64(43(2)3)107-73(123)52(20-14-36-95-85(91)92)101-80(130)67(47(8)113)106-63(117)41-96-76(126)59-22-16-37-110(59)82(132)60-23-17-38-111(60)81(131)55-21-15-34-93-55/h24-27,43-47,50-60,64-67,93,112-114H,10-23,28-42,86H2,1-9H3,(H2,87,115)(H2,88,116)(H,96,126)(H,97,119)(H,98,124)(H,99,120)(H,100,127)(H,101,130)(H,102,128)(H,103,125)(H,104,129)(H,105,121)(H,106,117)(H,107,123)(H,108,122)(H,109,118)(H,133,134)(H4,89,90,94)(H4,91,92,95)/t45-,46-,47+,50-,51-,52-,53-,54-,55-,56-,57-,58-,59-,60-,64-,65-,66-,67-/m0/s1. The van der Waals surface area contributed by atoms with Crippen LogP contribution in [-0.2, 0) is 97.5 Å². The molecule has 3 aliphatic rings. The summed E-state index contributed by atoms with van der Waals surface area (Å²) < 4.78 is 0. The van der Waals surface area contributed by atoms with Gasteiger partial charge in [-0.3, -0.25) is 97.1 Å². The van der Waals surface area contributed by atoms with Crippen LogP contribution in [0.4, 0.5) is 0 Å². The molecule has 135 heavy (non-hydrogen) atoms. The number of carboxylic acid groups (broad SMARTS) is 1. The number of unbranched alkanes of at least 4 members (excludes halogenated alkanes) is 1. The minimum Gasteiger partial charge on any atom is -0.508 e. The predicted molar refractivity (Wildman–Crippen MR) is 493 cm³/mol. The molecule has 49 nitrogen and oxygen atoms in total. The third-order valence-corrected chi connectivity index (χ3v) is 23.7. The van der Waals surface area contributed by atoms with Crippen LogP contribution in [0.5, 0.6) is 5.75 Å². The molecule has 0 saturated carbocycles. The van der Waals surface area contributed by atoms with Gasteiger partial charge in [0.1, 0.15) is 96.4 Å². The van der Waals surface area contributed by atoms with Crippen molar-refractivity contribution in [3.8, 4) is 5.75 Å². The number of carboxylic acids is 1. The number of nitrogens with one attached hydrogen (secondary N) is 19. The van der Waals surface area contributed by atoms with Gasteiger partial charge < -0.3 is 149 Å². The highest BCUT2D eigenvalue weighted by Gasteiger charge is 2.46. The van der Waals surface area contributed by atoms with E-state index in [-0.39, 0.29) is 114 Å². The summed E-state index contributed by atoms with van der Waals surface area (Å²) in [6.07, 6.45) is 1.22. The van der Waals surface area contributed by atoms with E-state index in [9.17, 15) is 112 Å². The number of nitrogens with zero attached hydrogens (tertiary/aromatic N) is 2. The number of aliphatic hydroxyl groups excluding tert-OH is 2. The van der Waals surface area contributed by atoms with Crippen LogP contribution >= 0.6 is 11.8 Å². The Morgan fingerprint density at radius 2 is 0.896 bits per heavy atom. The lowest BCUT2D eigenvalue weighted by atomic mass is 9.96. The average molecular weight is 1930 g/mol. The van der Waals surface area contributed by atoms with Crippen LogP contribution in [-0.4, -0.2) is 322 Å². The van der Waals surface area contributed by atoms with Crippen LogP contribution in [0.15, 0.2) is 24.3 Å². The molecule has 0 unspecified atom stereocenters. The summed E-state index contributed by atoms with van der Waals surface area (Å²) in [5.41, 5.74) is 27.8. The molecule has 50 heteroatoms. The van der Waals surface area contributed by atoms with Crippen molar-refractivity contribution >= 4 is 136 Å². The number of nitrogens with two attached hydrogens (primary N) is 5. The number of aliphatic hydroxyl groups is 2. The molecule has 18 amide bonds. The third-order valence-electron chi connectivity index (χ3n) is 23.1. The molecule has 756 valence electrons. The summed E-state index contributed by atoms with van der Waals surface area (Å²) in [7, 11) is 0. The molecule has 1 aromatic carbocycles. The van der Waals surface area contributed by atoms with Gasteiger partial charge in [0.25, 0.3) is 0 Å². The van der Waals surface area contributed by atoms with Crippen LogP contribution in [0, 0.1) is 28.6 Å². The van der Waals surface area contributed by atoms with Crippen molar-refractivity contribution in [1.29, 1.82) is 10.8 Å². The van der Waals surface area contributed by atoms with Crippen molar-refractivity contribution in [3.63, 3.8) is 0 Å². The molecule has 0 aliphatic carbocycles. The lowest BCUT2D eigenvalue weighted by molar-refractivity contribution is -0.147. The number of likely N-dealkylation sites (tertiary alicyclic amines) is 2. The first-order valence-corrected chi connectivity index (χ1v) is 46.9. The largest absolute Gasteiger partial charge is 0.508 e. The van der Waals surface area contributed by atoms with Gasteiger partial charge in [0.15, 0.2) is 11.9 Å². The van der Waals surface area contributed by atoms with E-state index >= 15 is 0 Å². The molecule has 0 spiro atoms. The van der Waals surface area contributed by atoms with Crippen molar-refractivity contribution in [2.75, 3.05) is 64.4 Å². The van der Waals surface area contributed by atoms with Gasteiger partial charge in [-0.2, -0.15) is 11.8 Å². The van der Waals surface area contributed by atoms with Gasteiger partial charge in [-0.1, -0.05) is 60.1 Å². The molecular formula is C85H142N26O23S. The number of primary amides is 2. The quantitative estimate of drug-likeness (QED) is 0.0164. The number of aromatic hydroxyl groups is 1. The molecule has 3 aliphatic heterocycles. The highest BCUT2D eigenvalue weighted by Crippen LogP contribution is 2.27. The maximum absolute atomic E-state index is 14.8. The fourth-order valence-corrected chi connectivity index (χ4v) is 15.6. The summed E-state index contributed by atoms with van der Waals surface area (Å²) in [5.74, 6) is -20.6. The lowest BCUT2D eigenvalue weighted by Gasteiger charge is -2.32. The highest BCUT2D eigenvalue weighted by atomic mass is 32.2. The van der Waals surface area contributed by atoms with Crippen LogP contribution in [0.25, 0.3) is 0 Å². The van der Waals surface area contributed by atoms with Crippen molar-refractivity contribution in [2.24, 2.45) is 46.4 Å². The second kappa shape index (κ2) is 58.7. The summed E-state index contributed by atoms with van der Waals surface area (Å²) in [5, 5.41) is 99.9. The van der Waals surface area contributed by atoms with Crippen LogP contribution in [0.2, 0.25) is 0 Å². The van der Waals surface area contributed by atoms with Gasteiger partial charge in [0, 0.05) is 45.4 Å². The van der Waals surface area contributed by atoms with E-state index in [0.29, 0.717) is 50.8 Å². The summed E-state index contributed by atoms with van der Waals surface area (Å²) in [6, 6.07) is -17.2. The summed E-state index contributed by atoms with van der Waals surface area (Å²) in [6.45, 7) is 11.6. The van der Waals surface area contributed by atoms with Crippen LogP contribution in [0.1, 0.15) is 183 Å². The molecule has 1 aromatic rings. The molecule has 3 saturated heterocycles. The maximum Gasteiger partial charge on any atom is 0.326 e. The SMILES string of the molecule is CC[C@H](C)[C@H](NC(=O)[C@H](C)NC(=O)[C@H](CCSC)NC(=O)[C@@H](NC(=O)[C@H](CCCNC(=N)N)NC(=O)[C@@H](NC(=O)[C@H](CCCNC(=N)N)NC(=O)[C@@H](NC(=O)CNC(=O)[C@@H]1CCCN1C(=O)[C@@H]1CCCN1C(=O)[C@@H]1CCCN1)[C@@H](C)O)C(C)C)C(C)C)C(=O)N[C@@H](Cc1ccc(O)cc1)C(=O)N[C@@H](CCCCN)C(=O)N[C@@H](CCC(N)=O)C(=O)N[C@@H](CO)C(=O)N[C@@H](CCC(N)=O)C(=O)O. The van der Waals surface area contributed by atoms with Gasteiger partial charge in [-0.05, 0) is 177 Å². The van der Waals surface area contributed by atoms with Gasteiger partial charge in [-0.15, -0.1) is 0 Å². The Morgan fingerprint density at radius 1 is 0.474 bits per heavy atom. The first kappa shape index (κ1) is 115. The molecule has 3 fully saturated rings. The second-order valence-corrected chi connectivity index (χ2v) is 35.5. The third kappa shape index (κ3) is 39.3. The number of carbonyl (C=O) groups is 19. The first-order valence-electron chi connectivity index (χ1n) is 45.5. The second-order valence-electron chi connectivity index (χ2n) is 34.5. The Kier molecular flexibility index (Phi) is 50.0. The van der Waals surface area contributed by atoms with Crippen molar-refractivity contribution < 1.29 is 112 Å². The van der Waals surface area contributed by atoms with Gasteiger partial charge in [0.05, 0.1) is 25.3 Å². The normalized spacial score (nSPS) is 17.9. The number of amides is 18. The Hall–Kier alpha value is -12.3. The number of rotatable bonds is 60. The van der Waals surface area contributed by atoms with E-state index in [1.807, 2.05) is 0 Å². The number of phenolic OH excluding ortho intramolecular Hbond substituents is 1. The van der Waals surface area contributed by atoms with E-state index in [1.165, 1.54) is 54.8 Å². The van der Waals surface area contributed by atoms with E-state index < -0.39 is 272 Å². The van der Waals surface area contributed by atoms with Crippen molar-refractivity contribution in [3.05, 3.63) is 29.8 Å². The molecule has 0 bridgehead atoms. The van der Waals surface area contributed by atoms with Crippen LogP contribution in [0.3, 0.4) is 0 Å². The monoisotopic (exact) mass is 1930 g/mol. The molecule has 0 radical (unpaired) electrons. The predicted octanol–water partition coefficient (Wildman–Crippen LogP) is -8.14. The average Bonchev–Trinajstić information content (AvgIpc) is 1.66. The minimum absolute atomic E-state index is 0.00376. The van der Waals surface area contributed by atoms with E-state index in [4.69, 9.17) is 39.5 Å². The fraction of sp³-hybridized carbons (Fsp3) is 0.682. The number of carbonyl (C=O) groups excluding carboxylic acids is 18. The summed E-state index contributed by atoms with van der Waals surface area (Å²) in [4.78, 5) is 266. The Balaban J connectivity index is 1.54. The number of aliphatic carboxylic acids is 1. The Labute approximate surface area is 788 Å². The van der Waals surface area contributed by atoms with Crippen molar-refractivity contribution in [2.45, 2.75) is 287 Å². The van der Waals surface area contributed by atoms with Gasteiger partial charge in [-0.25, -0.2) is 4.79 Å². The summed E-state index contributed by atoms with van der Waals surface area (Å²) >= 11 is 1.29. The van der Waals surface area contributed by atoms with Gasteiger partial charge in [0.2, 0.25) is 106 Å². The lowest BCUT2D eigenvalue weighted by Crippen LogP contribution is -2.62. The topological polar surface area (TPSA) is 794 Å². The first-order chi connectivity index (χ1) is 63.8. The highest BCUT2D eigenvalue weighted by molar-refractivity contribution is 7.98. The molecule has 4 rings (SSSR count). The van der Waals surface area contributed by atoms with E-state index in [2.05, 4.69) is 90.4 Å². The zero-order valence-corrected chi connectivity index (χ0v) is 78.9. The number of phenols is 1. The molecule has 0 aromatic heterocycles. The zero-order valence-electron chi connectivity index (χ0n) is 78.1. The minimum atomic E-state index is -1.86. The number of hydrogen-bond donors (Lipinski definition) is 28. The zero-order chi connectivity index (χ0) is 101. The molecule has 18 atom stereocenters. The smallest absolute Gasteiger partial charge is 0.326 e. The maximum atomic E-state index is 14.8. The molecular weight excluding hydrogens is 1790 g/mol. The van der Waals surface area contributed by atoms with Gasteiger partial charge >= 0.3 is 5.97 Å². The fourth-order valence-electron chi connectivity index (χ4n) is 15.1.